The Hall–Kier alpha value is -2.46. The number of halogens is 2. The molecule has 2 amide bonds. The molecule has 34 heavy (non-hydrogen) atoms. The van der Waals surface area contributed by atoms with Crippen LogP contribution in [0.5, 0.6) is 0 Å². The summed E-state index contributed by atoms with van der Waals surface area (Å²) in [7, 11) is -3.90. The number of carbonyl (C=O) groups excluding carboxylic acids is 2. The Kier molecular flexibility index (Phi) is 8.70. The maximum Gasteiger partial charge on any atom is 0.244 e. The van der Waals surface area contributed by atoms with E-state index in [9.17, 15) is 22.4 Å². The highest BCUT2D eigenvalue weighted by atomic mass is 79.9. The zero-order valence-electron chi connectivity index (χ0n) is 19.2. The summed E-state index contributed by atoms with van der Waals surface area (Å²) in [5.74, 6) is -1.47. The van der Waals surface area contributed by atoms with Gasteiger partial charge in [-0.15, -0.1) is 0 Å². The van der Waals surface area contributed by atoms with Crippen molar-refractivity contribution in [3.8, 4) is 0 Å². The molecule has 10 heteroatoms. The van der Waals surface area contributed by atoms with Gasteiger partial charge in [-0.1, -0.05) is 47.0 Å². The van der Waals surface area contributed by atoms with Crippen LogP contribution in [-0.2, 0) is 26.2 Å². The average molecular weight is 554 g/mol. The van der Waals surface area contributed by atoms with Crippen LogP contribution in [-0.4, -0.2) is 50.0 Å². The minimum absolute atomic E-state index is 0.0429. The van der Waals surface area contributed by atoms with E-state index < -0.39 is 34.3 Å². The molecule has 0 aliphatic heterocycles. The van der Waals surface area contributed by atoms with Gasteiger partial charge in [-0.05, 0) is 55.7 Å². The third kappa shape index (κ3) is 7.02. The molecule has 1 aliphatic carbocycles. The fraction of sp³-hybridized carbons (Fsp3) is 0.417. The summed E-state index contributed by atoms with van der Waals surface area (Å²) in [6.07, 6.45) is 4.87. The molecule has 0 aromatic heterocycles. The first-order chi connectivity index (χ1) is 16.0. The van der Waals surface area contributed by atoms with E-state index in [0.717, 1.165) is 52.3 Å². The number of carbonyl (C=O) groups is 2. The Morgan fingerprint density at radius 3 is 2.44 bits per heavy atom. The van der Waals surface area contributed by atoms with Gasteiger partial charge in [-0.2, -0.15) is 0 Å². The number of nitrogens with zero attached hydrogens (tertiary/aromatic N) is 2. The van der Waals surface area contributed by atoms with Gasteiger partial charge in [0.2, 0.25) is 21.8 Å². The molecule has 0 bridgehead atoms. The standard InChI is InChI=1S/C24H29BrFN3O4S/c1-17(24(31)27-21-10-3-4-11-21)28(15-18-7-5-8-19(25)13-18)23(30)16-29(34(2,32)33)22-12-6-9-20(26)14-22/h5-9,12-14,17,21H,3-4,10-11,15-16H2,1-2H3,(H,27,31). The van der Waals surface area contributed by atoms with Crippen LogP contribution in [0, 0.1) is 5.82 Å². The quantitative estimate of drug-likeness (QED) is 0.511. The van der Waals surface area contributed by atoms with Crippen molar-refractivity contribution in [1.29, 1.82) is 0 Å². The Morgan fingerprint density at radius 2 is 1.82 bits per heavy atom. The minimum atomic E-state index is -3.90. The number of nitrogens with one attached hydrogen (secondary N) is 1. The lowest BCUT2D eigenvalue weighted by molar-refractivity contribution is -0.139. The molecule has 184 valence electrons. The van der Waals surface area contributed by atoms with Gasteiger partial charge in [-0.3, -0.25) is 13.9 Å². The molecule has 1 atom stereocenters. The van der Waals surface area contributed by atoms with Crippen molar-refractivity contribution in [2.45, 2.75) is 51.2 Å². The summed E-state index contributed by atoms with van der Waals surface area (Å²) >= 11 is 3.41. The molecule has 0 heterocycles. The zero-order valence-corrected chi connectivity index (χ0v) is 21.6. The average Bonchev–Trinajstić information content (AvgIpc) is 3.27. The fourth-order valence-corrected chi connectivity index (χ4v) is 5.34. The van der Waals surface area contributed by atoms with Crippen LogP contribution in [0.3, 0.4) is 0 Å². The first kappa shape index (κ1) is 26.2. The van der Waals surface area contributed by atoms with E-state index in [1.165, 1.54) is 23.1 Å². The zero-order chi connectivity index (χ0) is 24.9. The molecule has 2 aromatic carbocycles. The topological polar surface area (TPSA) is 86.8 Å². The van der Waals surface area contributed by atoms with Crippen molar-refractivity contribution in [2.75, 3.05) is 17.1 Å². The van der Waals surface area contributed by atoms with Gasteiger partial charge in [-0.25, -0.2) is 12.8 Å². The van der Waals surface area contributed by atoms with Crippen LogP contribution >= 0.6 is 15.9 Å². The number of rotatable bonds is 9. The largest absolute Gasteiger partial charge is 0.352 e. The van der Waals surface area contributed by atoms with Crippen LogP contribution in [0.15, 0.2) is 53.0 Å². The van der Waals surface area contributed by atoms with Crippen LogP contribution in [0.25, 0.3) is 0 Å². The fourth-order valence-electron chi connectivity index (χ4n) is 4.05. The molecule has 1 saturated carbocycles. The van der Waals surface area contributed by atoms with Gasteiger partial charge in [0.15, 0.2) is 0 Å². The Balaban J connectivity index is 1.88. The van der Waals surface area contributed by atoms with Crippen molar-refractivity contribution < 1.29 is 22.4 Å². The van der Waals surface area contributed by atoms with Crippen molar-refractivity contribution in [3.63, 3.8) is 0 Å². The second kappa shape index (κ2) is 11.3. The van der Waals surface area contributed by atoms with E-state index in [-0.39, 0.29) is 24.2 Å². The molecule has 1 unspecified atom stereocenters. The smallest absolute Gasteiger partial charge is 0.244 e. The Morgan fingerprint density at radius 1 is 1.15 bits per heavy atom. The molecular formula is C24H29BrFN3O4S. The molecule has 7 nitrogen and oxygen atoms in total. The molecule has 0 radical (unpaired) electrons. The second-order valence-electron chi connectivity index (χ2n) is 8.57. The molecule has 1 fully saturated rings. The number of hydrogen-bond acceptors (Lipinski definition) is 4. The molecule has 3 rings (SSSR count). The van der Waals surface area contributed by atoms with Crippen molar-refractivity contribution >= 4 is 43.5 Å². The first-order valence-electron chi connectivity index (χ1n) is 11.1. The van der Waals surface area contributed by atoms with Crippen molar-refractivity contribution in [3.05, 3.63) is 64.4 Å². The minimum Gasteiger partial charge on any atom is -0.352 e. The summed E-state index contributed by atoms with van der Waals surface area (Å²) in [6, 6.07) is 11.6. The van der Waals surface area contributed by atoms with Gasteiger partial charge in [0.25, 0.3) is 0 Å². The SMILES string of the molecule is CC(C(=O)NC1CCCC1)N(Cc1cccc(Br)c1)C(=O)CN(c1cccc(F)c1)S(C)(=O)=O. The highest BCUT2D eigenvalue weighted by Crippen LogP contribution is 2.22. The van der Waals surface area contributed by atoms with E-state index in [1.807, 2.05) is 24.3 Å². The summed E-state index contributed by atoms with van der Waals surface area (Å²) < 4.78 is 40.4. The molecule has 1 aliphatic rings. The van der Waals surface area contributed by atoms with Crippen LogP contribution in [0.4, 0.5) is 10.1 Å². The summed E-state index contributed by atoms with van der Waals surface area (Å²) in [5, 5.41) is 3.01. The van der Waals surface area contributed by atoms with Gasteiger partial charge in [0.05, 0.1) is 11.9 Å². The lowest BCUT2D eigenvalue weighted by atomic mass is 10.1. The molecule has 2 aromatic rings. The molecule has 0 saturated heterocycles. The van der Waals surface area contributed by atoms with Crippen LogP contribution in [0.2, 0.25) is 0 Å². The van der Waals surface area contributed by atoms with Crippen LogP contribution < -0.4 is 9.62 Å². The number of hydrogen-bond donors (Lipinski definition) is 1. The maximum absolute atomic E-state index is 13.8. The summed E-state index contributed by atoms with van der Waals surface area (Å²) in [6.45, 7) is 1.18. The monoisotopic (exact) mass is 553 g/mol. The number of anilines is 1. The van der Waals surface area contributed by atoms with E-state index >= 15 is 0 Å². The van der Waals surface area contributed by atoms with Gasteiger partial charge < -0.3 is 10.2 Å². The number of sulfonamides is 1. The predicted octanol–water partition coefficient (Wildman–Crippen LogP) is 3.83. The van der Waals surface area contributed by atoms with Gasteiger partial charge >= 0.3 is 0 Å². The first-order valence-corrected chi connectivity index (χ1v) is 13.8. The maximum atomic E-state index is 13.8. The normalized spacial score (nSPS) is 15.1. The molecule has 1 N–H and O–H groups in total. The van der Waals surface area contributed by atoms with Gasteiger partial charge in [0, 0.05) is 17.1 Å². The highest BCUT2D eigenvalue weighted by molar-refractivity contribution is 9.10. The van der Waals surface area contributed by atoms with E-state index in [0.29, 0.717) is 0 Å². The third-order valence-corrected chi connectivity index (χ3v) is 7.52. The number of benzene rings is 2. The lowest BCUT2D eigenvalue weighted by Crippen LogP contribution is -2.52. The van der Waals surface area contributed by atoms with Crippen molar-refractivity contribution in [2.24, 2.45) is 0 Å². The number of amides is 2. The molecular weight excluding hydrogens is 525 g/mol. The van der Waals surface area contributed by atoms with Crippen molar-refractivity contribution in [1.82, 2.24) is 10.2 Å². The summed E-state index contributed by atoms with van der Waals surface area (Å²) in [5.41, 5.74) is 0.821. The van der Waals surface area contributed by atoms with E-state index in [2.05, 4.69) is 21.2 Å². The highest BCUT2D eigenvalue weighted by Gasteiger charge is 2.31. The Labute approximate surface area is 208 Å². The van der Waals surface area contributed by atoms with Gasteiger partial charge in [0.1, 0.15) is 18.4 Å². The van der Waals surface area contributed by atoms with E-state index in [1.54, 1.807) is 6.92 Å². The van der Waals surface area contributed by atoms with Crippen LogP contribution in [0.1, 0.15) is 38.2 Å². The van der Waals surface area contributed by atoms with E-state index in [4.69, 9.17) is 0 Å². The third-order valence-electron chi connectivity index (χ3n) is 5.89. The Bertz CT molecular complexity index is 1140. The molecule has 0 spiro atoms. The lowest BCUT2D eigenvalue weighted by Gasteiger charge is -2.32. The summed E-state index contributed by atoms with van der Waals surface area (Å²) in [4.78, 5) is 27.8. The predicted molar refractivity (Wildman–Crippen MR) is 133 cm³/mol. The second-order valence-corrected chi connectivity index (χ2v) is 11.4.